The Labute approximate surface area is 146 Å². The third kappa shape index (κ3) is 3.41. The molecule has 1 amide bonds. The van der Waals surface area contributed by atoms with Crippen LogP contribution in [0.15, 0.2) is 53.9 Å². The molecule has 3 rings (SSSR count). The lowest BCUT2D eigenvalue weighted by molar-refractivity contribution is 0.0922. The summed E-state index contributed by atoms with van der Waals surface area (Å²) in [4.78, 5) is 13.8. The summed E-state index contributed by atoms with van der Waals surface area (Å²) in [5.41, 5.74) is 2.25. The summed E-state index contributed by atoms with van der Waals surface area (Å²) in [6.07, 6.45) is 0. The van der Waals surface area contributed by atoms with Gasteiger partial charge in [0.1, 0.15) is 11.4 Å². The second kappa shape index (κ2) is 7.01. The maximum atomic E-state index is 12.8. The number of nitrogens with zero attached hydrogens (tertiary/aromatic N) is 2. The Hall–Kier alpha value is -2.40. The Morgan fingerprint density at radius 1 is 1.12 bits per heavy atom. The fourth-order valence-corrected chi connectivity index (χ4v) is 2.98. The van der Waals surface area contributed by atoms with Crippen LogP contribution in [0.1, 0.15) is 31.3 Å². The third-order valence-electron chi connectivity index (χ3n) is 4.08. The van der Waals surface area contributed by atoms with Crippen molar-refractivity contribution < 1.29 is 4.79 Å². The van der Waals surface area contributed by atoms with Crippen molar-refractivity contribution in [1.29, 1.82) is 0 Å². The highest BCUT2D eigenvalue weighted by atomic mass is 32.1. The molecule has 1 unspecified atom stereocenters. The van der Waals surface area contributed by atoms with Crippen LogP contribution in [0.5, 0.6) is 0 Å². The molecule has 0 saturated heterocycles. The van der Waals surface area contributed by atoms with Gasteiger partial charge < -0.3 is 5.32 Å². The lowest BCUT2D eigenvalue weighted by Gasteiger charge is -2.17. The van der Waals surface area contributed by atoms with Crippen LogP contribution in [0.2, 0.25) is 0 Å². The van der Waals surface area contributed by atoms with Gasteiger partial charge in [-0.2, -0.15) is 5.10 Å². The zero-order valence-corrected chi connectivity index (χ0v) is 14.9. The Morgan fingerprint density at radius 2 is 1.88 bits per heavy atom. The van der Waals surface area contributed by atoms with Crippen molar-refractivity contribution >= 4 is 17.2 Å². The molecule has 0 bridgehead atoms. The molecule has 0 spiro atoms. The van der Waals surface area contributed by atoms with Gasteiger partial charge in [-0.3, -0.25) is 4.79 Å². The molecule has 0 aliphatic carbocycles. The molecule has 1 atom stereocenters. The molecule has 124 valence electrons. The van der Waals surface area contributed by atoms with E-state index in [-0.39, 0.29) is 11.9 Å². The minimum Gasteiger partial charge on any atom is -0.348 e. The van der Waals surface area contributed by atoms with Crippen LogP contribution >= 0.6 is 11.3 Å². The summed E-state index contributed by atoms with van der Waals surface area (Å²) < 4.78 is 1.72. The van der Waals surface area contributed by atoms with Gasteiger partial charge in [-0.1, -0.05) is 38.1 Å². The smallest absolute Gasteiger partial charge is 0.270 e. The summed E-state index contributed by atoms with van der Waals surface area (Å²) in [6, 6.07) is 15.7. The van der Waals surface area contributed by atoms with Crippen molar-refractivity contribution in [1.82, 2.24) is 15.1 Å². The predicted octanol–water partition coefficient (Wildman–Crippen LogP) is 4.38. The summed E-state index contributed by atoms with van der Waals surface area (Å²) >= 11 is 1.62. The van der Waals surface area contributed by atoms with Gasteiger partial charge in [-0.05, 0) is 42.5 Å². The number of nitrogens with one attached hydrogen (secondary N) is 1. The molecule has 3 aromatic rings. The number of benzene rings is 1. The molecule has 0 fully saturated rings. The highest BCUT2D eigenvalue weighted by Crippen LogP contribution is 2.25. The van der Waals surface area contributed by atoms with E-state index in [0.29, 0.717) is 11.6 Å². The van der Waals surface area contributed by atoms with Crippen molar-refractivity contribution in [3.8, 4) is 16.3 Å². The van der Waals surface area contributed by atoms with Crippen LogP contribution < -0.4 is 5.32 Å². The molecular weight excluding hydrogens is 318 g/mol. The molecule has 4 nitrogen and oxygen atoms in total. The number of amides is 1. The van der Waals surface area contributed by atoms with Crippen LogP contribution in [0, 0.1) is 5.92 Å². The van der Waals surface area contributed by atoms with E-state index in [0.717, 1.165) is 16.3 Å². The van der Waals surface area contributed by atoms with Gasteiger partial charge in [0.2, 0.25) is 0 Å². The van der Waals surface area contributed by atoms with Crippen LogP contribution in [0.3, 0.4) is 0 Å². The van der Waals surface area contributed by atoms with Crippen molar-refractivity contribution in [3.63, 3.8) is 0 Å². The average molecular weight is 339 g/mol. The molecule has 0 aliphatic rings. The molecule has 1 aromatic carbocycles. The Balaban J connectivity index is 2.01. The van der Waals surface area contributed by atoms with E-state index in [4.69, 9.17) is 0 Å². The number of aromatic nitrogens is 2. The third-order valence-corrected chi connectivity index (χ3v) is 4.97. The summed E-state index contributed by atoms with van der Waals surface area (Å²) in [5, 5.41) is 9.74. The molecule has 0 saturated carbocycles. The van der Waals surface area contributed by atoms with Crippen LogP contribution in [-0.2, 0) is 0 Å². The van der Waals surface area contributed by atoms with E-state index in [1.54, 1.807) is 16.0 Å². The van der Waals surface area contributed by atoms with Gasteiger partial charge in [0.05, 0.1) is 10.6 Å². The molecule has 1 N–H and O–H groups in total. The second-order valence-electron chi connectivity index (χ2n) is 6.15. The van der Waals surface area contributed by atoms with E-state index in [1.165, 1.54) is 0 Å². The first kappa shape index (κ1) is 16.5. The number of hydrogen-bond donors (Lipinski definition) is 1. The first-order chi connectivity index (χ1) is 11.6. The van der Waals surface area contributed by atoms with Crippen molar-refractivity contribution in [2.24, 2.45) is 5.92 Å². The van der Waals surface area contributed by atoms with Crippen LogP contribution in [-0.4, -0.2) is 21.7 Å². The molecule has 0 radical (unpaired) electrons. The number of thiophene rings is 1. The van der Waals surface area contributed by atoms with Gasteiger partial charge in [-0.15, -0.1) is 11.3 Å². The predicted molar refractivity (Wildman–Crippen MR) is 98.6 cm³/mol. The molecule has 5 heteroatoms. The van der Waals surface area contributed by atoms with E-state index < -0.39 is 0 Å². The molecule has 2 aromatic heterocycles. The van der Waals surface area contributed by atoms with Crippen molar-refractivity contribution in [2.45, 2.75) is 26.8 Å². The minimum atomic E-state index is -0.102. The van der Waals surface area contributed by atoms with Gasteiger partial charge in [0.15, 0.2) is 0 Å². The second-order valence-corrected chi connectivity index (χ2v) is 7.09. The first-order valence-corrected chi connectivity index (χ1v) is 8.94. The topological polar surface area (TPSA) is 46.9 Å². The fraction of sp³-hybridized carbons (Fsp3) is 0.263. The molecule has 0 aliphatic heterocycles. The Bertz CT molecular complexity index is 807. The van der Waals surface area contributed by atoms with E-state index in [2.05, 4.69) is 24.3 Å². The SMILES string of the molecule is CC(C)C(C)NC(=O)c1cc(-c2cccs2)nn1-c1ccccc1. The molecule has 24 heavy (non-hydrogen) atoms. The van der Waals surface area contributed by atoms with E-state index in [9.17, 15) is 4.79 Å². The monoisotopic (exact) mass is 339 g/mol. The van der Waals surface area contributed by atoms with E-state index in [1.807, 2.05) is 60.8 Å². The maximum Gasteiger partial charge on any atom is 0.270 e. The quantitative estimate of drug-likeness (QED) is 0.750. The van der Waals surface area contributed by atoms with E-state index >= 15 is 0 Å². The number of carbonyl (C=O) groups excluding carboxylic acids is 1. The number of para-hydroxylation sites is 1. The Kier molecular flexibility index (Phi) is 4.81. The van der Waals surface area contributed by atoms with Gasteiger partial charge in [-0.25, -0.2) is 4.68 Å². The number of rotatable bonds is 5. The van der Waals surface area contributed by atoms with Gasteiger partial charge >= 0.3 is 0 Å². The van der Waals surface area contributed by atoms with Gasteiger partial charge in [0.25, 0.3) is 5.91 Å². The highest BCUT2D eigenvalue weighted by molar-refractivity contribution is 7.13. The standard InChI is InChI=1S/C19H21N3OS/c1-13(2)14(3)20-19(23)17-12-16(18-10-7-11-24-18)21-22(17)15-8-5-4-6-9-15/h4-14H,1-3H3,(H,20,23). The first-order valence-electron chi connectivity index (χ1n) is 8.06. The van der Waals surface area contributed by atoms with Crippen molar-refractivity contribution in [2.75, 3.05) is 0 Å². The minimum absolute atomic E-state index is 0.0989. The van der Waals surface area contributed by atoms with Gasteiger partial charge in [0, 0.05) is 6.04 Å². The lowest BCUT2D eigenvalue weighted by Crippen LogP contribution is -2.37. The summed E-state index contributed by atoms with van der Waals surface area (Å²) in [5.74, 6) is 0.272. The largest absolute Gasteiger partial charge is 0.348 e. The normalized spacial score (nSPS) is 12.3. The van der Waals surface area contributed by atoms with Crippen LogP contribution in [0.4, 0.5) is 0 Å². The van der Waals surface area contributed by atoms with Crippen molar-refractivity contribution in [3.05, 3.63) is 59.6 Å². The molecular formula is C19H21N3OS. The number of carbonyl (C=O) groups is 1. The fourth-order valence-electron chi connectivity index (χ4n) is 2.30. The zero-order valence-electron chi connectivity index (χ0n) is 14.1. The summed E-state index contributed by atoms with van der Waals surface area (Å²) in [6.45, 7) is 6.21. The highest BCUT2D eigenvalue weighted by Gasteiger charge is 2.20. The summed E-state index contributed by atoms with van der Waals surface area (Å²) in [7, 11) is 0. The maximum absolute atomic E-state index is 12.8. The van der Waals surface area contributed by atoms with Crippen LogP contribution in [0.25, 0.3) is 16.3 Å². The lowest BCUT2D eigenvalue weighted by atomic mass is 10.1. The zero-order chi connectivity index (χ0) is 17.1. The number of hydrogen-bond acceptors (Lipinski definition) is 3. The Morgan fingerprint density at radius 3 is 2.50 bits per heavy atom. The average Bonchev–Trinajstić information content (AvgIpc) is 3.24. The molecule has 2 heterocycles.